The molecule has 0 saturated heterocycles. The van der Waals surface area contributed by atoms with E-state index in [0.29, 0.717) is 6.54 Å². The Morgan fingerprint density at radius 1 is 1.60 bits per heavy atom. The van der Waals surface area contributed by atoms with E-state index < -0.39 is 0 Å². The van der Waals surface area contributed by atoms with E-state index in [1.54, 1.807) is 11.3 Å². The van der Waals surface area contributed by atoms with Crippen molar-refractivity contribution in [3.8, 4) is 0 Å². The standard InChI is InChI=1S/C10H17ClN2OS/c1-7(12)10(13(2)5-6-14)8-3-4-9(11)15-8/h3-4,7,10,14H,5-6,12H2,1-2H3. The van der Waals surface area contributed by atoms with Gasteiger partial charge in [0.25, 0.3) is 0 Å². The smallest absolute Gasteiger partial charge is 0.0931 e. The van der Waals surface area contributed by atoms with Crippen LogP contribution < -0.4 is 5.73 Å². The van der Waals surface area contributed by atoms with E-state index in [1.165, 1.54) is 0 Å². The average molecular weight is 249 g/mol. The Balaban J connectivity index is 2.82. The number of aliphatic hydroxyl groups excluding tert-OH is 1. The van der Waals surface area contributed by atoms with E-state index in [-0.39, 0.29) is 18.7 Å². The Kier molecular flexibility index (Phi) is 5.02. The molecule has 0 amide bonds. The first-order chi connectivity index (χ1) is 7.06. The maximum atomic E-state index is 8.91. The van der Waals surface area contributed by atoms with Crippen LogP contribution in [0, 0.1) is 0 Å². The lowest BCUT2D eigenvalue weighted by atomic mass is 10.1. The molecule has 0 spiro atoms. The Morgan fingerprint density at radius 2 is 2.27 bits per heavy atom. The molecule has 15 heavy (non-hydrogen) atoms. The van der Waals surface area contributed by atoms with Crippen LogP contribution in [-0.2, 0) is 0 Å². The molecule has 0 radical (unpaired) electrons. The zero-order valence-corrected chi connectivity index (χ0v) is 10.6. The molecule has 0 saturated carbocycles. The molecule has 1 aromatic heterocycles. The summed E-state index contributed by atoms with van der Waals surface area (Å²) in [5, 5.41) is 8.91. The molecule has 3 nitrogen and oxygen atoms in total. The molecule has 0 fully saturated rings. The predicted octanol–water partition coefficient (Wildman–Crippen LogP) is 1.71. The maximum absolute atomic E-state index is 8.91. The molecule has 0 aliphatic rings. The third-order valence-corrected chi connectivity index (χ3v) is 3.61. The topological polar surface area (TPSA) is 49.5 Å². The Hall–Kier alpha value is -0.130. The minimum absolute atomic E-state index is 0.0104. The number of likely N-dealkylation sites (N-methyl/N-ethyl adjacent to an activating group) is 1. The van der Waals surface area contributed by atoms with Gasteiger partial charge in [0.15, 0.2) is 0 Å². The number of hydrogen-bond acceptors (Lipinski definition) is 4. The van der Waals surface area contributed by atoms with Gasteiger partial charge in [-0.2, -0.15) is 0 Å². The van der Waals surface area contributed by atoms with Gasteiger partial charge in [0.2, 0.25) is 0 Å². The SMILES string of the molecule is CC(N)C(c1ccc(Cl)s1)N(C)CCO. The van der Waals surface area contributed by atoms with Crippen molar-refractivity contribution in [1.29, 1.82) is 0 Å². The highest BCUT2D eigenvalue weighted by Gasteiger charge is 2.22. The van der Waals surface area contributed by atoms with Crippen LogP contribution in [-0.4, -0.2) is 36.2 Å². The van der Waals surface area contributed by atoms with Crippen LogP contribution in [0.5, 0.6) is 0 Å². The summed E-state index contributed by atoms with van der Waals surface area (Å²) in [5.74, 6) is 0. The van der Waals surface area contributed by atoms with Gasteiger partial charge in [-0.15, -0.1) is 11.3 Å². The monoisotopic (exact) mass is 248 g/mol. The lowest BCUT2D eigenvalue weighted by molar-refractivity contribution is 0.169. The summed E-state index contributed by atoms with van der Waals surface area (Å²) in [6, 6.07) is 4.00. The third kappa shape index (κ3) is 3.43. The number of nitrogens with two attached hydrogens (primary N) is 1. The number of halogens is 1. The van der Waals surface area contributed by atoms with Gasteiger partial charge < -0.3 is 10.8 Å². The highest BCUT2D eigenvalue weighted by atomic mass is 35.5. The average Bonchev–Trinajstić information content (AvgIpc) is 2.51. The zero-order valence-electron chi connectivity index (χ0n) is 8.98. The van der Waals surface area contributed by atoms with Crippen LogP contribution in [0.15, 0.2) is 12.1 Å². The number of nitrogens with zero attached hydrogens (tertiary/aromatic N) is 1. The molecule has 86 valence electrons. The van der Waals surface area contributed by atoms with Crippen molar-refractivity contribution in [3.05, 3.63) is 21.3 Å². The van der Waals surface area contributed by atoms with Crippen LogP contribution in [0.1, 0.15) is 17.8 Å². The number of rotatable bonds is 5. The fourth-order valence-electron chi connectivity index (χ4n) is 1.66. The second-order valence-corrected chi connectivity index (χ2v) is 5.40. The molecule has 0 bridgehead atoms. The summed E-state index contributed by atoms with van der Waals surface area (Å²) >= 11 is 7.44. The van der Waals surface area contributed by atoms with Gasteiger partial charge in [-0.05, 0) is 26.1 Å². The van der Waals surface area contributed by atoms with Gasteiger partial charge in [0.1, 0.15) is 0 Å². The second kappa shape index (κ2) is 5.82. The molecule has 0 aliphatic carbocycles. The summed E-state index contributed by atoms with van der Waals surface area (Å²) in [6.45, 7) is 2.71. The van der Waals surface area contributed by atoms with Crippen LogP contribution in [0.2, 0.25) is 4.34 Å². The number of thiophene rings is 1. The van der Waals surface area contributed by atoms with Gasteiger partial charge in [-0.1, -0.05) is 11.6 Å². The van der Waals surface area contributed by atoms with Gasteiger partial charge >= 0.3 is 0 Å². The van der Waals surface area contributed by atoms with E-state index in [0.717, 1.165) is 9.21 Å². The van der Waals surface area contributed by atoms with Crippen molar-refractivity contribution in [1.82, 2.24) is 4.90 Å². The van der Waals surface area contributed by atoms with Crippen molar-refractivity contribution in [2.45, 2.75) is 19.0 Å². The van der Waals surface area contributed by atoms with Gasteiger partial charge in [0.05, 0.1) is 17.0 Å². The van der Waals surface area contributed by atoms with Gasteiger partial charge in [-0.3, -0.25) is 4.90 Å². The van der Waals surface area contributed by atoms with Crippen molar-refractivity contribution < 1.29 is 5.11 Å². The highest BCUT2D eigenvalue weighted by Crippen LogP contribution is 2.31. The van der Waals surface area contributed by atoms with Crippen LogP contribution in [0.3, 0.4) is 0 Å². The van der Waals surface area contributed by atoms with Crippen LogP contribution in [0.25, 0.3) is 0 Å². The summed E-state index contributed by atoms with van der Waals surface area (Å²) in [4.78, 5) is 3.19. The first-order valence-corrected chi connectivity index (χ1v) is 6.07. The van der Waals surface area contributed by atoms with Gasteiger partial charge in [-0.25, -0.2) is 0 Å². The third-order valence-electron chi connectivity index (χ3n) is 2.31. The minimum atomic E-state index is 0.0104. The quantitative estimate of drug-likeness (QED) is 0.834. The number of hydrogen-bond donors (Lipinski definition) is 2. The largest absolute Gasteiger partial charge is 0.395 e. The molecule has 1 aromatic rings. The molecule has 5 heteroatoms. The Morgan fingerprint density at radius 3 is 2.67 bits per heavy atom. The molecule has 3 N–H and O–H groups in total. The fraction of sp³-hybridized carbons (Fsp3) is 0.600. The van der Waals surface area contributed by atoms with Crippen molar-refractivity contribution >= 4 is 22.9 Å². The Labute approximate surface area is 99.5 Å². The summed E-state index contributed by atoms with van der Waals surface area (Å²) < 4.78 is 0.771. The maximum Gasteiger partial charge on any atom is 0.0931 e. The van der Waals surface area contributed by atoms with Crippen LogP contribution in [0.4, 0.5) is 0 Å². The summed E-state index contributed by atoms with van der Waals surface area (Å²) in [7, 11) is 1.96. The fourth-order valence-corrected chi connectivity index (χ4v) is 3.00. The predicted molar refractivity (Wildman–Crippen MR) is 65.4 cm³/mol. The summed E-state index contributed by atoms with van der Waals surface area (Å²) in [6.07, 6.45) is 0. The molecule has 2 atom stereocenters. The minimum Gasteiger partial charge on any atom is -0.395 e. The Bertz CT molecular complexity index is 303. The lowest BCUT2D eigenvalue weighted by Gasteiger charge is -2.29. The molecule has 0 aliphatic heterocycles. The molecule has 2 unspecified atom stereocenters. The lowest BCUT2D eigenvalue weighted by Crippen LogP contribution is -2.38. The number of aliphatic hydroxyl groups is 1. The van der Waals surface area contributed by atoms with Gasteiger partial charge in [0, 0.05) is 17.5 Å². The molecule has 1 heterocycles. The molecular weight excluding hydrogens is 232 g/mol. The van der Waals surface area contributed by atoms with Crippen molar-refractivity contribution in [2.24, 2.45) is 5.73 Å². The first-order valence-electron chi connectivity index (χ1n) is 4.88. The van der Waals surface area contributed by atoms with Crippen LogP contribution >= 0.6 is 22.9 Å². The molecule has 0 aromatic carbocycles. The molecular formula is C10H17ClN2OS. The van der Waals surface area contributed by atoms with Crippen molar-refractivity contribution in [3.63, 3.8) is 0 Å². The zero-order chi connectivity index (χ0) is 11.4. The highest BCUT2D eigenvalue weighted by molar-refractivity contribution is 7.16. The normalized spacial score (nSPS) is 15.6. The van der Waals surface area contributed by atoms with E-state index in [4.69, 9.17) is 22.4 Å². The van der Waals surface area contributed by atoms with E-state index >= 15 is 0 Å². The molecule has 1 rings (SSSR count). The van der Waals surface area contributed by atoms with Crippen molar-refractivity contribution in [2.75, 3.05) is 20.2 Å². The summed E-state index contributed by atoms with van der Waals surface area (Å²) in [5.41, 5.74) is 5.95. The second-order valence-electron chi connectivity index (χ2n) is 3.65. The first kappa shape index (κ1) is 12.9. The van der Waals surface area contributed by atoms with E-state index in [2.05, 4.69) is 0 Å². The van der Waals surface area contributed by atoms with E-state index in [1.807, 2.05) is 31.0 Å². The van der Waals surface area contributed by atoms with E-state index in [9.17, 15) is 0 Å².